The molecule has 1 saturated heterocycles. The second-order valence-corrected chi connectivity index (χ2v) is 10.6. The number of methoxy groups -OCH3 is 1. The van der Waals surface area contributed by atoms with Gasteiger partial charge in [0.25, 0.3) is 0 Å². The first-order valence-electron chi connectivity index (χ1n) is 9.91. The number of rotatable bonds is 6. The van der Waals surface area contributed by atoms with Crippen LogP contribution in [0.4, 0.5) is 5.13 Å². The van der Waals surface area contributed by atoms with Crippen LogP contribution in [0.2, 0.25) is 5.02 Å². The van der Waals surface area contributed by atoms with Crippen LogP contribution < -0.4 is 10.1 Å². The van der Waals surface area contributed by atoms with Crippen LogP contribution in [0.1, 0.15) is 12.8 Å². The number of carbonyl (C=O) groups is 1. The SMILES string of the molecule is COc1ccc(S(=O)(=O)N2CCC[C@@H](C(=O)Nc3nnc(-c4ccc(Cl)cc4)s3)C2)cc1. The first-order valence-corrected chi connectivity index (χ1v) is 12.5. The Kier molecular flexibility index (Phi) is 6.75. The molecule has 1 aliphatic rings. The van der Waals surface area contributed by atoms with E-state index >= 15 is 0 Å². The largest absolute Gasteiger partial charge is 0.497 e. The first-order chi connectivity index (χ1) is 15.4. The number of hydrogen-bond donors (Lipinski definition) is 1. The summed E-state index contributed by atoms with van der Waals surface area (Å²) in [5, 5.41) is 12.6. The number of amides is 1. The molecule has 0 unspecified atom stereocenters. The Hall–Kier alpha value is -2.53. The molecule has 1 N–H and O–H groups in total. The number of anilines is 1. The van der Waals surface area contributed by atoms with E-state index < -0.39 is 15.9 Å². The van der Waals surface area contributed by atoms with E-state index in [1.165, 1.54) is 34.9 Å². The molecule has 32 heavy (non-hydrogen) atoms. The summed E-state index contributed by atoms with van der Waals surface area (Å²) in [7, 11) is -2.18. The number of carbonyl (C=O) groups excluding carboxylic acids is 1. The third kappa shape index (κ3) is 4.93. The molecule has 0 spiro atoms. The Labute approximate surface area is 195 Å². The van der Waals surface area contributed by atoms with E-state index in [2.05, 4.69) is 15.5 Å². The molecule has 3 aromatic rings. The number of nitrogens with one attached hydrogen (secondary N) is 1. The number of benzene rings is 2. The fourth-order valence-corrected chi connectivity index (χ4v) is 5.86. The van der Waals surface area contributed by atoms with E-state index in [-0.39, 0.29) is 17.3 Å². The number of hydrogen-bond acceptors (Lipinski definition) is 7. The van der Waals surface area contributed by atoms with Gasteiger partial charge in [-0.15, -0.1) is 10.2 Å². The molecule has 1 amide bonds. The lowest BCUT2D eigenvalue weighted by Gasteiger charge is -2.31. The standard InChI is InChI=1S/C21H21ClN4O4S2/c1-30-17-8-10-18(11-9-17)32(28,29)26-12-2-3-15(13-26)19(27)23-21-25-24-20(31-21)14-4-6-16(22)7-5-14/h4-11,15H,2-3,12-13H2,1H3,(H,23,25,27)/t15-/m1/s1. The minimum atomic E-state index is -3.70. The lowest BCUT2D eigenvalue weighted by molar-refractivity contribution is -0.120. The minimum Gasteiger partial charge on any atom is -0.497 e. The van der Waals surface area contributed by atoms with Crippen LogP contribution in [-0.4, -0.2) is 49.0 Å². The normalized spacial score (nSPS) is 17.1. The Morgan fingerprint density at radius 3 is 2.56 bits per heavy atom. The van der Waals surface area contributed by atoms with E-state index in [0.717, 1.165) is 5.56 Å². The topological polar surface area (TPSA) is 101 Å². The number of nitrogens with zero attached hydrogens (tertiary/aromatic N) is 3. The van der Waals surface area contributed by atoms with Crippen molar-refractivity contribution in [3.63, 3.8) is 0 Å². The highest BCUT2D eigenvalue weighted by Crippen LogP contribution is 2.29. The smallest absolute Gasteiger partial charge is 0.243 e. The van der Waals surface area contributed by atoms with E-state index in [4.69, 9.17) is 16.3 Å². The lowest BCUT2D eigenvalue weighted by atomic mass is 9.99. The van der Waals surface area contributed by atoms with Crippen LogP contribution in [0, 0.1) is 5.92 Å². The van der Waals surface area contributed by atoms with Crippen molar-refractivity contribution in [1.82, 2.24) is 14.5 Å². The minimum absolute atomic E-state index is 0.114. The van der Waals surface area contributed by atoms with E-state index in [0.29, 0.717) is 40.3 Å². The lowest BCUT2D eigenvalue weighted by Crippen LogP contribution is -2.43. The fourth-order valence-electron chi connectivity index (χ4n) is 3.46. The third-order valence-electron chi connectivity index (χ3n) is 5.20. The van der Waals surface area contributed by atoms with Gasteiger partial charge in [-0.25, -0.2) is 8.42 Å². The van der Waals surface area contributed by atoms with Gasteiger partial charge in [-0.3, -0.25) is 4.79 Å². The molecule has 2 heterocycles. The Morgan fingerprint density at radius 1 is 1.16 bits per heavy atom. The van der Waals surface area contributed by atoms with Gasteiger partial charge < -0.3 is 10.1 Å². The van der Waals surface area contributed by atoms with Gasteiger partial charge in [0.1, 0.15) is 10.8 Å². The molecule has 0 saturated carbocycles. The van der Waals surface area contributed by atoms with Crippen molar-refractivity contribution >= 4 is 44.0 Å². The maximum Gasteiger partial charge on any atom is 0.243 e. The number of ether oxygens (including phenoxy) is 1. The second kappa shape index (κ2) is 9.53. The number of halogens is 1. The Bertz CT molecular complexity index is 1200. The molecular formula is C21H21ClN4O4S2. The van der Waals surface area contributed by atoms with Crippen molar-refractivity contribution in [3.05, 3.63) is 53.6 Å². The molecule has 0 aliphatic carbocycles. The summed E-state index contributed by atoms with van der Waals surface area (Å²) in [6.45, 7) is 0.487. The van der Waals surface area contributed by atoms with Gasteiger partial charge in [0, 0.05) is 23.7 Å². The maximum absolute atomic E-state index is 13.0. The monoisotopic (exact) mass is 492 g/mol. The Balaban J connectivity index is 1.43. The summed E-state index contributed by atoms with van der Waals surface area (Å²) >= 11 is 7.16. The molecule has 4 rings (SSSR count). The van der Waals surface area contributed by atoms with Gasteiger partial charge in [-0.1, -0.05) is 35.1 Å². The third-order valence-corrected chi connectivity index (χ3v) is 8.22. The van der Waals surface area contributed by atoms with Crippen LogP contribution in [0.25, 0.3) is 10.6 Å². The fraction of sp³-hybridized carbons (Fsp3) is 0.286. The van der Waals surface area contributed by atoms with Gasteiger partial charge in [-0.2, -0.15) is 4.31 Å². The van der Waals surface area contributed by atoms with Gasteiger partial charge in [0.2, 0.25) is 21.1 Å². The van der Waals surface area contributed by atoms with E-state index in [1.807, 2.05) is 12.1 Å². The zero-order chi connectivity index (χ0) is 22.7. The first kappa shape index (κ1) is 22.7. The van der Waals surface area contributed by atoms with Crippen molar-refractivity contribution in [2.24, 2.45) is 5.92 Å². The summed E-state index contributed by atoms with van der Waals surface area (Å²) in [5.74, 6) is -0.159. The Morgan fingerprint density at radius 2 is 1.88 bits per heavy atom. The average molecular weight is 493 g/mol. The predicted molar refractivity (Wildman–Crippen MR) is 123 cm³/mol. The summed E-state index contributed by atoms with van der Waals surface area (Å²) in [6, 6.07) is 13.4. The molecule has 1 aliphatic heterocycles. The molecule has 168 valence electrons. The summed E-state index contributed by atoms with van der Waals surface area (Å²) in [6.07, 6.45) is 1.20. The zero-order valence-corrected chi connectivity index (χ0v) is 19.6. The number of aromatic nitrogens is 2. The van der Waals surface area contributed by atoms with Gasteiger partial charge in [0.15, 0.2) is 0 Å². The molecule has 11 heteroatoms. The highest BCUT2D eigenvalue weighted by molar-refractivity contribution is 7.89. The van der Waals surface area contributed by atoms with Gasteiger partial charge in [0.05, 0.1) is 17.9 Å². The molecule has 8 nitrogen and oxygen atoms in total. The molecule has 2 aromatic carbocycles. The van der Waals surface area contributed by atoms with Crippen LogP contribution in [0.5, 0.6) is 5.75 Å². The van der Waals surface area contributed by atoms with Gasteiger partial charge in [-0.05, 0) is 49.2 Å². The molecule has 1 atom stereocenters. The number of sulfonamides is 1. The van der Waals surface area contributed by atoms with Crippen molar-refractivity contribution in [3.8, 4) is 16.3 Å². The highest BCUT2D eigenvalue weighted by Gasteiger charge is 2.33. The predicted octanol–water partition coefficient (Wildman–Crippen LogP) is 3.91. The molecule has 1 fully saturated rings. The van der Waals surface area contributed by atoms with E-state index in [9.17, 15) is 13.2 Å². The molecular weight excluding hydrogens is 472 g/mol. The van der Waals surface area contributed by atoms with E-state index in [1.54, 1.807) is 24.3 Å². The van der Waals surface area contributed by atoms with Crippen LogP contribution in [0.3, 0.4) is 0 Å². The molecule has 0 bridgehead atoms. The molecule has 0 radical (unpaired) electrons. The molecule has 1 aromatic heterocycles. The van der Waals surface area contributed by atoms with Crippen molar-refractivity contribution in [2.45, 2.75) is 17.7 Å². The zero-order valence-electron chi connectivity index (χ0n) is 17.2. The number of piperidine rings is 1. The van der Waals surface area contributed by atoms with Crippen LogP contribution in [0.15, 0.2) is 53.4 Å². The summed E-state index contributed by atoms with van der Waals surface area (Å²) in [4.78, 5) is 13.0. The highest BCUT2D eigenvalue weighted by atomic mass is 35.5. The summed E-state index contributed by atoms with van der Waals surface area (Å²) in [5.41, 5.74) is 0.849. The second-order valence-electron chi connectivity index (χ2n) is 7.29. The average Bonchev–Trinajstić information content (AvgIpc) is 3.28. The van der Waals surface area contributed by atoms with Crippen molar-refractivity contribution < 1.29 is 17.9 Å². The summed E-state index contributed by atoms with van der Waals surface area (Å²) < 4.78 is 32.5. The van der Waals surface area contributed by atoms with Crippen LogP contribution in [-0.2, 0) is 14.8 Å². The van der Waals surface area contributed by atoms with Crippen LogP contribution >= 0.6 is 22.9 Å². The van der Waals surface area contributed by atoms with Gasteiger partial charge >= 0.3 is 0 Å². The van der Waals surface area contributed by atoms with Crippen molar-refractivity contribution in [1.29, 1.82) is 0 Å². The quantitative estimate of drug-likeness (QED) is 0.559. The maximum atomic E-state index is 13.0. The van der Waals surface area contributed by atoms with Crippen molar-refractivity contribution in [2.75, 3.05) is 25.5 Å².